The average molecular weight is 501 g/mol. The Morgan fingerprint density at radius 1 is 1.03 bits per heavy atom. The van der Waals surface area contributed by atoms with Crippen molar-refractivity contribution in [1.82, 2.24) is 0 Å². The summed E-state index contributed by atoms with van der Waals surface area (Å²) in [6, 6.07) is 20.2. The number of ether oxygens (including phenoxy) is 2. The second-order valence-corrected chi connectivity index (χ2v) is 9.13. The minimum absolute atomic E-state index is 0.0117. The predicted octanol–water partition coefficient (Wildman–Crippen LogP) is 4.47. The largest absolute Gasteiger partial charge is 0.426 e. The molecule has 0 saturated carbocycles. The molecule has 0 aliphatic carbocycles. The van der Waals surface area contributed by atoms with Gasteiger partial charge in [0.2, 0.25) is 0 Å². The minimum atomic E-state index is -0.386. The number of hydrogen-bond donors (Lipinski definition) is 3. The van der Waals surface area contributed by atoms with Crippen LogP contribution in [0.5, 0.6) is 5.75 Å². The number of ketones is 1. The van der Waals surface area contributed by atoms with Gasteiger partial charge in [-0.25, -0.2) is 0 Å². The Morgan fingerprint density at radius 2 is 1.81 bits per heavy atom. The van der Waals surface area contributed by atoms with Crippen LogP contribution in [0.1, 0.15) is 37.7 Å². The summed E-state index contributed by atoms with van der Waals surface area (Å²) >= 11 is 0. The highest BCUT2D eigenvalue weighted by molar-refractivity contribution is 6.00. The van der Waals surface area contributed by atoms with Crippen molar-refractivity contribution in [3.05, 3.63) is 72.3 Å². The maximum absolute atomic E-state index is 13.2. The predicted molar refractivity (Wildman–Crippen MR) is 145 cm³/mol. The van der Waals surface area contributed by atoms with E-state index in [4.69, 9.17) is 26.0 Å². The highest BCUT2D eigenvalue weighted by Crippen LogP contribution is 2.31. The fourth-order valence-corrected chi connectivity index (χ4v) is 4.64. The van der Waals surface area contributed by atoms with Crippen molar-refractivity contribution in [2.75, 3.05) is 18.1 Å². The Labute approximate surface area is 216 Å². The van der Waals surface area contributed by atoms with Crippen molar-refractivity contribution in [2.45, 2.75) is 44.2 Å². The number of rotatable bonds is 11. The molecule has 0 bridgehead atoms. The quantitative estimate of drug-likeness (QED) is 0.154. The number of esters is 1. The topological polar surface area (TPSA) is 130 Å². The van der Waals surface area contributed by atoms with Crippen LogP contribution in [0.25, 0.3) is 10.8 Å². The molecule has 1 aliphatic heterocycles. The number of nitrogens with one attached hydrogen (secondary N) is 2. The second kappa shape index (κ2) is 12.3. The van der Waals surface area contributed by atoms with Crippen LogP contribution in [-0.2, 0) is 14.3 Å². The molecule has 3 aromatic carbocycles. The molecule has 0 amide bonds. The third-order valence-electron chi connectivity index (χ3n) is 6.56. The zero-order valence-corrected chi connectivity index (χ0v) is 20.7. The van der Waals surface area contributed by atoms with E-state index in [9.17, 15) is 9.59 Å². The molecule has 0 radical (unpaired) electrons. The van der Waals surface area contributed by atoms with E-state index in [-0.39, 0.29) is 42.8 Å². The summed E-state index contributed by atoms with van der Waals surface area (Å²) in [4.78, 5) is 27.4. The van der Waals surface area contributed by atoms with Crippen molar-refractivity contribution < 1.29 is 19.1 Å². The van der Waals surface area contributed by atoms with Crippen molar-refractivity contribution in [1.29, 1.82) is 10.8 Å². The normalized spacial score (nSPS) is 17.4. The lowest BCUT2D eigenvalue weighted by Gasteiger charge is -2.40. The Morgan fingerprint density at radius 3 is 2.57 bits per heavy atom. The van der Waals surface area contributed by atoms with Gasteiger partial charge in [-0.2, -0.15) is 0 Å². The van der Waals surface area contributed by atoms with Gasteiger partial charge < -0.3 is 25.5 Å². The van der Waals surface area contributed by atoms with Gasteiger partial charge in [0.1, 0.15) is 11.6 Å². The molecule has 1 heterocycles. The Balaban J connectivity index is 1.43. The van der Waals surface area contributed by atoms with E-state index in [0.717, 1.165) is 16.5 Å². The first-order valence-electron chi connectivity index (χ1n) is 12.5. The molecule has 3 aromatic rings. The monoisotopic (exact) mass is 500 g/mol. The van der Waals surface area contributed by atoms with Crippen molar-refractivity contribution in [3.63, 3.8) is 0 Å². The zero-order chi connectivity index (χ0) is 26.2. The number of nitrogens with two attached hydrogens (primary N) is 1. The van der Waals surface area contributed by atoms with Crippen LogP contribution in [0.3, 0.4) is 0 Å². The minimum Gasteiger partial charge on any atom is -0.426 e. The van der Waals surface area contributed by atoms with Crippen LogP contribution in [0, 0.1) is 10.8 Å². The number of anilines is 1. The Kier molecular flexibility index (Phi) is 8.64. The average Bonchev–Trinajstić information content (AvgIpc) is 2.91. The van der Waals surface area contributed by atoms with Gasteiger partial charge >= 0.3 is 5.97 Å². The molecule has 4 rings (SSSR count). The van der Waals surface area contributed by atoms with E-state index in [2.05, 4.69) is 4.90 Å². The first kappa shape index (κ1) is 26.0. The van der Waals surface area contributed by atoms with E-state index in [1.165, 1.54) is 6.21 Å². The van der Waals surface area contributed by atoms with Gasteiger partial charge in [-0.15, -0.1) is 0 Å². The number of fused-ring (bicyclic) bond motifs is 1. The molecular weight excluding hydrogens is 468 g/mol. The van der Waals surface area contributed by atoms with Gasteiger partial charge in [0.05, 0.1) is 25.2 Å². The summed E-state index contributed by atoms with van der Waals surface area (Å²) in [5, 5.41) is 17.0. The molecule has 1 aliphatic rings. The highest BCUT2D eigenvalue weighted by atomic mass is 16.5. The van der Waals surface area contributed by atoms with Crippen LogP contribution in [0.4, 0.5) is 5.69 Å². The van der Waals surface area contributed by atoms with Gasteiger partial charge in [0.25, 0.3) is 0 Å². The molecule has 2 atom stereocenters. The van der Waals surface area contributed by atoms with E-state index >= 15 is 0 Å². The van der Waals surface area contributed by atoms with Crippen LogP contribution in [0.2, 0.25) is 0 Å². The Bertz CT molecular complexity index is 1280. The number of carbonyl (C=O) groups is 2. The molecule has 8 heteroatoms. The number of para-hydroxylation sites is 1. The van der Waals surface area contributed by atoms with Gasteiger partial charge in [-0.3, -0.25) is 15.0 Å². The SMILES string of the molecule is N=CCCC(=O)C1CC(OCCC(=O)Oc2ccccc2)CCN1c1ccc2ccc(C(=N)N)cc2c1. The molecule has 37 heavy (non-hydrogen) atoms. The van der Waals surface area contributed by atoms with Crippen molar-refractivity contribution >= 4 is 40.3 Å². The third-order valence-corrected chi connectivity index (χ3v) is 6.56. The summed E-state index contributed by atoms with van der Waals surface area (Å²) < 4.78 is 11.3. The fraction of sp³-hybridized carbons (Fsp3) is 0.310. The lowest BCUT2D eigenvalue weighted by Crippen LogP contribution is -2.49. The molecular formula is C29H32N4O4. The Hall–Kier alpha value is -4.04. The molecule has 1 saturated heterocycles. The smallest absolute Gasteiger partial charge is 0.313 e. The van der Waals surface area contributed by atoms with E-state index in [0.29, 0.717) is 43.5 Å². The van der Waals surface area contributed by atoms with Gasteiger partial charge in [0.15, 0.2) is 5.78 Å². The number of carbonyl (C=O) groups excluding carboxylic acids is 2. The van der Waals surface area contributed by atoms with Crippen LogP contribution in [0.15, 0.2) is 66.7 Å². The molecule has 1 fully saturated rings. The second-order valence-electron chi connectivity index (χ2n) is 9.13. The maximum Gasteiger partial charge on any atom is 0.313 e. The number of nitrogen functional groups attached to an aromatic ring is 1. The third kappa shape index (κ3) is 6.80. The first-order valence-corrected chi connectivity index (χ1v) is 12.5. The van der Waals surface area contributed by atoms with E-state index in [1.54, 1.807) is 24.3 Å². The molecule has 192 valence electrons. The van der Waals surface area contributed by atoms with E-state index < -0.39 is 0 Å². The van der Waals surface area contributed by atoms with Gasteiger partial charge in [0, 0.05) is 30.6 Å². The fourth-order valence-electron chi connectivity index (χ4n) is 4.64. The molecule has 0 spiro atoms. The summed E-state index contributed by atoms with van der Waals surface area (Å²) in [6.45, 7) is 0.847. The number of nitrogens with zero attached hydrogens (tertiary/aromatic N) is 1. The van der Waals surface area contributed by atoms with Crippen molar-refractivity contribution in [2.24, 2.45) is 5.73 Å². The highest BCUT2D eigenvalue weighted by Gasteiger charge is 2.33. The number of benzene rings is 3. The van der Waals surface area contributed by atoms with Gasteiger partial charge in [-0.1, -0.05) is 36.4 Å². The van der Waals surface area contributed by atoms with Crippen molar-refractivity contribution in [3.8, 4) is 5.75 Å². The first-order chi connectivity index (χ1) is 17.9. The standard InChI is InChI=1S/C29H32N4O4/c30-14-4-7-27(34)26-19-25(36-16-13-28(35)37-24-5-2-1-3-6-24)12-15-33(26)23-11-10-20-8-9-21(29(31)32)17-22(20)18-23/h1-3,5-6,8-11,14,17-18,25-26,30H,4,7,12-13,15-16,19H2,(H3,31,32). The number of hydrogen-bond acceptors (Lipinski definition) is 7. The maximum atomic E-state index is 13.2. The summed E-state index contributed by atoms with van der Waals surface area (Å²) in [5.74, 6) is 0.224. The summed E-state index contributed by atoms with van der Waals surface area (Å²) in [5.41, 5.74) is 7.25. The summed E-state index contributed by atoms with van der Waals surface area (Å²) in [7, 11) is 0. The number of piperidine rings is 1. The lowest BCUT2D eigenvalue weighted by atomic mass is 9.93. The van der Waals surface area contributed by atoms with Crippen LogP contribution < -0.4 is 15.4 Å². The lowest BCUT2D eigenvalue weighted by molar-refractivity contribution is -0.136. The molecule has 4 N–H and O–H groups in total. The van der Waals surface area contributed by atoms with Crippen LogP contribution >= 0.6 is 0 Å². The summed E-state index contributed by atoms with van der Waals surface area (Å²) in [6.07, 6.45) is 3.16. The van der Waals surface area contributed by atoms with E-state index in [1.807, 2.05) is 42.5 Å². The number of amidine groups is 1. The van der Waals surface area contributed by atoms with Gasteiger partial charge in [-0.05, 0) is 60.2 Å². The number of Topliss-reactive ketones (excluding diaryl/α,β-unsaturated/α-hetero) is 1. The molecule has 8 nitrogen and oxygen atoms in total. The molecule has 0 aromatic heterocycles. The van der Waals surface area contributed by atoms with Crippen LogP contribution in [-0.4, -0.2) is 49.1 Å². The zero-order valence-electron chi connectivity index (χ0n) is 20.7. The molecule has 2 unspecified atom stereocenters.